The van der Waals surface area contributed by atoms with Crippen molar-refractivity contribution in [2.45, 2.75) is 47.1 Å². The van der Waals surface area contributed by atoms with Crippen LogP contribution in [0.1, 0.15) is 36.8 Å². The molecule has 0 unspecified atom stereocenters. The number of carbonyl (C=O) groups is 1. The van der Waals surface area contributed by atoms with Crippen molar-refractivity contribution in [3.05, 3.63) is 81.8 Å². The summed E-state index contributed by atoms with van der Waals surface area (Å²) < 4.78 is 49.0. The minimum Gasteiger partial charge on any atom is -0.395 e. The molecule has 0 heterocycles. The van der Waals surface area contributed by atoms with Gasteiger partial charge in [-0.05, 0) is 65.9 Å². The number of halogens is 2. The van der Waals surface area contributed by atoms with Gasteiger partial charge in [-0.1, -0.05) is 54.4 Å². The van der Waals surface area contributed by atoms with Gasteiger partial charge in [-0.15, -0.1) is 0 Å². The normalized spacial score (nSPS) is 14.9. The molecule has 0 aliphatic heterocycles. The Morgan fingerprint density at radius 3 is 1.95 bits per heavy atom. The molecule has 1 atom stereocenters. The monoisotopic (exact) mass is 580 g/mol. The molecule has 0 amide bonds. The van der Waals surface area contributed by atoms with Gasteiger partial charge in [0.25, 0.3) is 0 Å². The zero-order valence-corrected chi connectivity index (χ0v) is 23.2. The zero-order chi connectivity index (χ0) is 27.0. The highest BCUT2D eigenvalue weighted by atomic mass is 35.5. The number of carbonyl (C=O) groups excluding carboxylic acids is 1. The van der Waals surface area contributed by atoms with Gasteiger partial charge in [0.15, 0.2) is 19.7 Å². The molecule has 4 rings (SSSR count). The molecule has 1 N–H and O–H groups in total. The van der Waals surface area contributed by atoms with Gasteiger partial charge in [-0.2, -0.15) is 0 Å². The molecule has 0 bridgehead atoms. The third-order valence-corrected chi connectivity index (χ3v) is 11.1. The lowest BCUT2D eigenvalue weighted by Gasteiger charge is -2.16. The quantitative estimate of drug-likeness (QED) is 0.350. The summed E-state index contributed by atoms with van der Waals surface area (Å²) in [4.78, 5) is 13.5. The number of aliphatic hydroxyl groups is 1. The molecule has 1 saturated carbocycles. The number of sulfone groups is 2. The average molecular weight is 582 g/mol. The van der Waals surface area contributed by atoms with Crippen LogP contribution in [0.2, 0.25) is 10.0 Å². The third kappa shape index (κ3) is 5.94. The summed E-state index contributed by atoms with van der Waals surface area (Å²) in [5, 5.41) is 10.2. The van der Waals surface area contributed by atoms with Crippen LogP contribution in [-0.4, -0.2) is 45.3 Å². The molecule has 1 fully saturated rings. The smallest absolute Gasteiger partial charge is 0.181 e. The summed E-state index contributed by atoms with van der Waals surface area (Å²) >= 11 is 13.1. The van der Waals surface area contributed by atoms with E-state index in [0.29, 0.717) is 45.1 Å². The Morgan fingerprint density at radius 1 is 0.919 bits per heavy atom. The van der Waals surface area contributed by atoms with Crippen LogP contribution in [-0.2, 0) is 30.9 Å². The molecule has 196 valence electrons. The largest absolute Gasteiger partial charge is 0.395 e. The predicted molar refractivity (Wildman–Crippen MR) is 145 cm³/mol. The Kier molecular flexibility index (Phi) is 8.16. The maximum absolute atomic E-state index is 13.0. The standard InChI is InChI=1S/C27H26Cl2O6S2/c1-2-36(32,33)20-7-3-18(4-8-20)23(16-30)26(31)15-17-13-24(28)27(25(29)14-17)19-5-9-21(10-6-19)37(34,35)22-11-12-22/h3-10,13-14,22-23,30H,2,11-12,15-16H2,1H3/t23-/m1/s1. The van der Waals surface area contributed by atoms with Crippen LogP contribution in [0.3, 0.4) is 0 Å². The average Bonchev–Trinajstić information content (AvgIpc) is 3.71. The molecular weight excluding hydrogens is 555 g/mol. The predicted octanol–water partition coefficient (Wildman–Crippen LogP) is 5.28. The van der Waals surface area contributed by atoms with Crippen LogP contribution in [0.25, 0.3) is 11.1 Å². The first-order chi connectivity index (χ1) is 17.5. The summed E-state index contributed by atoms with van der Waals surface area (Å²) in [7, 11) is -6.67. The molecule has 6 nitrogen and oxygen atoms in total. The Morgan fingerprint density at radius 2 is 1.46 bits per heavy atom. The number of ketones is 1. The molecule has 0 spiro atoms. The van der Waals surface area contributed by atoms with Gasteiger partial charge in [0, 0.05) is 12.0 Å². The van der Waals surface area contributed by atoms with E-state index in [0.717, 1.165) is 0 Å². The molecule has 37 heavy (non-hydrogen) atoms. The number of rotatable bonds is 10. The minimum absolute atomic E-state index is 0.0318. The van der Waals surface area contributed by atoms with Crippen molar-refractivity contribution in [3.8, 4) is 11.1 Å². The van der Waals surface area contributed by atoms with Gasteiger partial charge in [0.1, 0.15) is 5.78 Å². The van der Waals surface area contributed by atoms with E-state index in [9.17, 15) is 26.7 Å². The van der Waals surface area contributed by atoms with E-state index in [1.54, 1.807) is 43.3 Å². The number of Topliss-reactive ketones (excluding diaryl/α,β-unsaturated/α-hetero) is 1. The van der Waals surface area contributed by atoms with Gasteiger partial charge in [-0.3, -0.25) is 4.79 Å². The lowest BCUT2D eigenvalue weighted by Crippen LogP contribution is -2.19. The molecule has 0 radical (unpaired) electrons. The first kappa shape index (κ1) is 27.8. The second kappa shape index (κ2) is 10.9. The first-order valence-electron chi connectivity index (χ1n) is 11.8. The van der Waals surface area contributed by atoms with E-state index in [-0.39, 0.29) is 33.0 Å². The summed E-state index contributed by atoms with van der Waals surface area (Å²) in [5.74, 6) is -1.14. The maximum Gasteiger partial charge on any atom is 0.181 e. The SMILES string of the molecule is CCS(=O)(=O)c1ccc([C@@H](CO)C(=O)Cc2cc(Cl)c(-c3ccc(S(=O)(=O)C4CC4)cc3)c(Cl)c2)cc1. The molecule has 0 saturated heterocycles. The number of benzene rings is 3. The van der Waals surface area contributed by atoms with Crippen molar-refractivity contribution in [2.24, 2.45) is 0 Å². The van der Waals surface area contributed by atoms with Crippen LogP contribution in [0, 0.1) is 0 Å². The second-order valence-electron chi connectivity index (χ2n) is 9.05. The van der Waals surface area contributed by atoms with Gasteiger partial charge < -0.3 is 5.11 Å². The molecule has 1 aliphatic carbocycles. The van der Waals surface area contributed by atoms with E-state index in [4.69, 9.17) is 23.2 Å². The fraction of sp³-hybridized carbons (Fsp3) is 0.296. The molecule has 3 aromatic rings. The summed E-state index contributed by atoms with van der Waals surface area (Å²) in [5.41, 5.74) is 2.25. The van der Waals surface area contributed by atoms with E-state index in [1.165, 1.54) is 24.3 Å². The lowest BCUT2D eigenvalue weighted by atomic mass is 9.91. The summed E-state index contributed by atoms with van der Waals surface area (Å²) in [6, 6.07) is 15.6. The molecule has 10 heteroatoms. The molecule has 3 aromatic carbocycles. The fourth-order valence-corrected chi connectivity index (χ4v) is 7.47. The number of hydrogen-bond acceptors (Lipinski definition) is 6. The zero-order valence-electron chi connectivity index (χ0n) is 20.0. The number of aliphatic hydroxyl groups excluding tert-OH is 1. The highest BCUT2D eigenvalue weighted by Gasteiger charge is 2.36. The molecule has 1 aliphatic rings. The summed E-state index contributed by atoms with van der Waals surface area (Å²) in [6.45, 7) is 1.12. The number of hydrogen-bond donors (Lipinski definition) is 1. The Balaban J connectivity index is 1.53. The Hall–Kier alpha value is -2.23. The maximum atomic E-state index is 13.0. The van der Waals surface area contributed by atoms with Gasteiger partial charge in [0.2, 0.25) is 0 Å². The van der Waals surface area contributed by atoms with Crippen molar-refractivity contribution in [3.63, 3.8) is 0 Å². The highest BCUT2D eigenvalue weighted by Crippen LogP contribution is 2.38. The second-order valence-corrected chi connectivity index (χ2v) is 14.4. The van der Waals surface area contributed by atoms with Gasteiger partial charge >= 0.3 is 0 Å². The van der Waals surface area contributed by atoms with Crippen LogP contribution in [0.5, 0.6) is 0 Å². The Labute approximate surface area is 227 Å². The van der Waals surface area contributed by atoms with Crippen LogP contribution in [0.4, 0.5) is 0 Å². The van der Waals surface area contributed by atoms with E-state index < -0.39 is 32.2 Å². The molecular formula is C27H26Cl2O6S2. The van der Waals surface area contributed by atoms with Gasteiger partial charge in [-0.25, -0.2) is 16.8 Å². The van der Waals surface area contributed by atoms with Crippen molar-refractivity contribution < 1.29 is 26.7 Å². The van der Waals surface area contributed by atoms with E-state index in [1.807, 2.05) is 0 Å². The van der Waals surface area contributed by atoms with Crippen molar-refractivity contribution in [1.29, 1.82) is 0 Å². The third-order valence-electron chi connectivity index (χ3n) is 6.51. The van der Waals surface area contributed by atoms with Crippen molar-refractivity contribution >= 4 is 48.7 Å². The topological polar surface area (TPSA) is 106 Å². The van der Waals surface area contributed by atoms with E-state index >= 15 is 0 Å². The van der Waals surface area contributed by atoms with Crippen molar-refractivity contribution in [2.75, 3.05) is 12.4 Å². The highest BCUT2D eigenvalue weighted by molar-refractivity contribution is 7.92. The molecule has 0 aromatic heterocycles. The van der Waals surface area contributed by atoms with Crippen LogP contribution < -0.4 is 0 Å². The van der Waals surface area contributed by atoms with Crippen LogP contribution in [0.15, 0.2) is 70.5 Å². The fourth-order valence-electron chi connectivity index (χ4n) is 4.18. The lowest BCUT2D eigenvalue weighted by molar-refractivity contribution is -0.120. The summed E-state index contributed by atoms with van der Waals surface area (Å²) in [6.07, 6.45) is 1.33. The van der Waals surface area contributed by atoms with Crippen molar-refractivity contribution in [1.82, 2.24) is 0 Å². The first-order valence-corrected chi connectivity index (χ1v) is 15.7. The van der Waals surface area contributed by atoms with Crippen LogP contribution >= 0.6 is 23.2 Å². The minimum atomic E-state index is -3.37. The van der Waals surface area contributed by atoms with Gasteiger partial charge in [0.05, 0.1) is 43.4 Å². The van der Waals surface area contributed by atoms with E-state index in [2.05, 4.69) is 0 Å². The Bertz CT molecular complexity index is 1500.